The third kappa shape index (κ3) is 7.27. The number of benzene rings is 1. The molecule has 6 heteroatoms. The Morgan fingerprint density at radius 1 is 1.09 bits per heavy atom. The van der Waals surface area contributed by atoms with Crippen molar-refractivity contribution in [3.63, 3.8) is 0 Å². The molecule has 0 bridgehead atoms. The van der Waals surface area contributed by atoms with Crippen molar-refractivity contribution in [1.82, 2.24) is 10.6 Å². The Balaban J connectivity index is 1.57. The maximum atomic E-state index is 11.8. The molecule has 0 aliphatic heterocycles. The van der Waals surface area contributed by atoms with Gasteiger partial charge in [0.05, 0.1) is 12.3 Å². The van der Waals surface area contributed by atoms with Gasteiger partial charge >= 0.3 is 0 Å². The van der Waals surface area contributed by atoms with Crippen molar-refractivity contribution in [2.75, 3.05) is 12.3 Å². The highest BCUT2D eigenvalue weighted by molar-refractivity contribution is 7.99. The van der Waals surface area contributed by atoms with Crippen LogP contribution in [0.3, 0.4) is 0 Å². The number of rotatable bonds is 7. The predicted molar refractivity (Wildman–Crippen MR) is 95.6 cm³/mol. The molecule has 0 atom stereocenters. The minimum atomic E-state index is -0.109. The molecule has 1 aliphatic carbocycles. The Bertz CT molecular complexity index is 516. The molecule has 126 valence electrons. The molecule has 0 radical (unpaired) electrons. The van der Waals surface area contributed by atoms with Gasteiger partial charge in [0, 0.05) is 16.8 Å². The zero-order chi connectivity index (χ0) is 16.5. The van der Waals surface area contributed by atoms with Gasteiger partial charge in [-0.15, -0.1) is 11.8 Å². The molecule has 0 aromatic heterocycles. The molecule has 1 aromatic carbocycles. The highest BCUT2D eigenvalue weighted by atomic mass is 35.5. The third-order valence-corrected chi connectivity index (χ3v) is 5.09. The molecular weight excluding hydrogens is 332 g/mol. The zero-order valence-electron chi connectivity index (χ0n) is 13.1. The van der Waals surface area contributed by atoms with E-state index in [9.17, 15) is 9.59 Å². The number of nitrogens with one attached hydrogen (secondary N) is 2. The van der Waals surface area contributed by atoms with Crippen LogP contribution >= 0.6 is 23.4 Å². The van der Waals surface area contributed by atoms with Crippen LogP contribution in [0.2, 0.25) is 5.02 Å². The number of halogens is 1. The van der Waals surface area contributed by atoms with Crippen LogP contribution in [0.5, 0.6) is 0 Å². The molecule has 2 N–H and O–H groups in total. The zero-order valence-corrected chi connectivity index (χ0v) is 14.7. The number of hydrogen-bond acceptors (Lipinski definition) is 3. The van der Waals surface area contributed by atoms with E-state index in [0.29, 0.717) is 10.8 Å². The smallest absolute Gasteiger partial charge is 0.239 e. The molecule has 4 nitrogen and oxygen atoms in total. The largest absolute Gasteiger partial charge is 0.352 e. The Morgan fingerprint density at radius 3 is 2.48 bits per heavy atom. The Labute approximate surface area is 146 Å². The van der Waals surface area contributed by atoms with Gasteiger partial charge in [-0.25, -0.2) is 0 Å². The summed E-state index contributed by atoms with van der Waals surface area (Å²) in [6, 6.07) is 7.86. The predicted octanol–water partition coefficient (Wildman–Crippen LogP) is 3.14. The molecule has 1 aliphatic rings. The Morgan fingerprint density at radius 2 is 1.78 bits per heavy atom. The number of hydrogen-bond donors (Lipinski definition) is 2. The van der Waals surface area contributed by atoms with E-state index in [1.165, 1.54) is 31.0 Å². The van der Waals surface area contributed by atoms with Crippen molar-refractivity contribution >= 4 is 35.2 Å². The topological polar surface area (TPSA) is 58.2 Å². The summed E-state index contributed by atoms with van der Waals surface area (Å²) in [5, 5.41) is 6.37. The fourth-order valence-corrected chi connectivity index (χ4v) is 3.54. The average Bonchev–Trinajstić information content (AvgIpc) is 2.56. The second-order valence-corrected chi connectivity index (χ2v) is 7.22. The van der Waals surface area contributed by atoms with E-state index in [4.69, 9.17) is 11.6 Å². The van der Waals surface area contributed by atoms with E-state index in [2.05, 4.69) is 10.6 Å². The molecule has 0 saturated heterocycles. The van der Waals surface area contributed by atoms with Crippen LogP contribution in [-0.4, -0.2) is 30.2 Å². The lowest BCUT2D eigenvalue weighted by Crippen LogP contribution is -2.43. The summed E-state index contributed by atoms with van der Waals surface area (Å²) in [6.45, 7) is 0.0663. The van der Waals surface area contributed by atoms with Crippen molar-refractivity contribution in [3.05, 3.63) is 34.9 Å². The highest BCUT2D eigenvalue weighted by Gasteiger charge is 2.15. The molecule has 1 saturated carbocycles. The summed E-state index contributed by atoms with van der Waals surface area (Å²) >= 11 is 7.35. The summed E-state index contributed by atoms with van der Waals surface area (Å²) in [6.07, 6.45) is 5.72. The van der Waals surface area contributed by atoms with Crippen molar-refractivity contribution < 1.29 is 9.59 Å². The van der Waals surface area contributed by atoms with Crippen molar-refractivity contribution in [1.29, 1.82) is 0 Å². The minimum absolute atomic E-state index is 0.0663. The first-order valence-corrected chi connectivity index (χ1v) is 9.55. The van der Waals surface area contributed by atoms with Gasteiger partial charge in [0.15, 0.2) is 0 Å². The van der Waals surface area contributed by atoms with E-state index >= 15 is 0 Å². The summed E-state index contributed by atoms with van der Waals surface area (Å²) in [5.74, 6) is 0.897. The standard InChI is InChI=1S/C17H23ClN2O2S/c18-14-8-6-13(7-9-14)11-23-12-17(22)19-10-16(21)20-15-4-2-1-3-5-15/h6-9,15H,1-5,10-12H2,(H,19,22)(H,20,21). The van der Waals surface area contributed by atoms with E-state index in [0.717, 1.165) is 24.2 Å². The van der Waals surface area contributed by atoms with Crippen molar-refractivity contribution in [3.8, 4) is 0 Å². The van der Waals surface area contributed by atoms with Crippen LogP contribution in [0.15, 0.2) is 24.3 Å². The van der Waals surface area contributed by atoms with Gasteiger partial charge in [0.1, 0.15) is 0 Å². The first-order valence-electron chi connectivity index (χ1n) is 8.02. The fraction of sp³-hybridized carbons (Fsp3) is 0.529. The molecule has 2 rings (SSSR count). The van der Waals surface area contributed by atoms with E-state index in [1.807, 2.05) is 24.3 Å². The molecule has 1 aromatic rings. The van der Waals surface area contributed by atoms with Gasteiger partial charge in [0.2, 0.25) is 11.8 Å². The summed E-state index contributed by atoms with van der Waals surface area (Å²) < 4.78 is 0. The summed E-state index contributed by atoms with van der Waals surface area (Å²) in [7, 11) is 0. The highest BCUT2D eigenvalue weighted by Crippen LogP contribution is 2.17. The lowest BCUT2D eigenvalue weighted by atomic mass is 9.95. The van der Waals surface area contributed by atoms with E-state index in [1.54, 1.807) is 0 Å². The maximum absolute atomic E-state index is 11.8. The van der Waals surface area contributed by atoms with Crippen molar-refractivity contribution in [2.24, 2.45) is 0 Å². The minimum Gasteiger partial charge on any atom is -0.352 e. The number of amides is 2. The first-order chi connectivity index (χ1) is 11.1. The average molecular weight is 355 g/mol. The van der Waals surface area contributed by atoms with Crippen LogP contribution < -0.4 is 10.6 Å². The van der Waals surface area contributed by atoms with Crippen LogP contribution in [0, 0.1) is 0 Å². The van der Waals surface area contributed by atoms with Gasteiger partial charge in [-0.3, -0.25) is 9.59 Å². The lowest BCUT2D eigenvalue weighted by molar-refractivity contribution is -0.125. The molecular formula is C17H23ClN2O2S. The van der Waals surface area contributed by atoms with Crippen LogP contribution in [-0.2, 0) is 15.3 Å². The molecule has 2 amide bonds. The number of thioether (sulfide) groups is 1. The number of carbonyl (C=O) groups is 2. The SMILES string of the molecule is O=C(CSCc1ccc(Cl)cc1)NCC(=O)NC1CCCCC1. The fourth-order valence-electron chi connectivity index (χ4n) is 2.60. The summed E-state index contributed by atoms with van der Waals surface area (Å²) in [4.78, 5) is 23.5. The maximum Gasteiger partial charge on any atom is 0.239 e. The molecule has 0 unspecified atom stereocenters. The van der Waals surface area contributed by atoms with E-state index < -0.39 is 0 Å². The van der Waals surface area contributed by atoms with Gasteiger partial charge in [-0.1, -0.05) is 43.0 Å². The quantitative estimate of drug-likeness (QED) is 0.790. The lowest BCUT2D eigenvalue weighted by Gasteiger charge is -2.22. The van der Waals surface area contributed by atoms with Crippen LogP contribution in [0.25, 0.3) is 0 Å². The first kappa shape index (κ1) is 18.1. The van der Waals surface area contributed by atoms with E-state index in [-0.39, 0.29) is 24.4 Å². The van der Waals surface area contributed by atoms with Crippen LogP contribution in [0.1, 0.15) is 37.7 Å². The van der Waals surface area contributed by atoms with Crippen molar-refractivity contribution in [2.45, 2.75) is 43.9 Å². The number of carbonyl (C=O) groups excluding carboxylic acids is 2. The van der Waals surface area contributed by atoms with Gasteiger partial charge in [-0.2, -0.15) is 0 Å². The van der Waals surface area contributed by atoms with Gasteiger partial charge in [-0.05, 0) is 30.5 Å². The second-order valence-electron chi connectivity index (χ2n) is 5.80. The molecule has 0 heterocycles. The Hall–Kier alpha value is -1.20. The second kappa shape index (κ2) is 9.83. The molecule has 1 fully saturated rings. The monoisotopic (exact) mass is 354 g/mol. The van der Waals surface area contributed by atoms with Crippen LogP contribution in [0.4, 0.5) is 0 Å². The normalized spacial score (nSPS) is 15.2. The van der Waals surface area contributed by atoms with Gasteiger partial charge < -0.3 is 10.6 Å². The third-order valence-electron chi connectivity index (χ3n) is 3.83. The molecule has 23 heavy (non-hydrogen) atoms. The molecule has 0 spiro atoms. The van der Waals surface area contributed by atoms with Gasteiger partial charge in [0.25, 0.3) is 0 Å². The Kier molecular flexibility index (Phi) is 7.76. The summed E-state index contributed by atoms with van der Waals surface area (Å²) in [5.41, 5.74) is 1.13.